The van der Waals surface area contributed by atoms with Crippen LogP contribution in [0.1, 0.15) is 52.5 Å². The number of fused-ring (bicyclic) bond motifs is 1. The Bertz CT molecular complexity index is 870. The van der Waals surface area contributed by atoms with Crippen molar-refractivity contribution >= 4 is 5.52 Å². The van der Waals surface area contributed by atoms with Crippen LogP contribution in [0.3, 0.4) is 0 Å². The van der Waals surface area contributed by atoms with Gasteiger partial charge in [-0.1, -0.05) is 32.0 Å². The van der Waals surface area contributed by atoms with E-state index in [2.05, 4.69) is 93.1 Å². The van der Waals surface area contributed by atoms with E-state index in [-0.39, 0.29) is 5.54 Å². The van der Waals surface area contributed by atoms with Crippen molar-refractivity contribution in [2.75, 3.05) is 13.2 Å². The van der Waals surface area contributed by atoms with Crippen molar-refractivity contribution in [2.45, 2.75) is 52.5 Å². The summed E-state index contributed by atoms with van der Waals surface area (Å²) in [5.74, 6) is 1.35. The number of ether oxygens (including phenoxy) is 1. The first-order valence-corrected chi connectivity index (χ1v) is 9.86. The van der Waals surface area contributed by atoms with Crippen LogP contribution >= 0.6 is 0 Å². The second-order valence-corrected chi connectivity index (χ2v) is 8.41. The molecule has 0 unspecified atom stereocenters. The van der Waals surface area contributed by atoms with Crippen LogP contribution in [0.5, 0.6) is 5.75 Å². The first-order valence-electron chi connectivity index (χ1n) is 9.86. The first kappa shape index (κ1) is 19.5. The van der Waals surface area contributed by atoms with Crippen LogP contribution in [-0.4, -0.2) is 23.1 Å². The summed E-state index contributed by atoms with van der Waals surface area (Å²) < 4.78 is 8.00. The van der Waals surface area contributed by atoms with Crippen LogP contribution < -0.4 is 10.1 Å². The molecule has 0 saturated carbocycles. The molecule has 0 amide bonds. The van der Waals surface area contributed by atoms with Crippen molar-refractivity contribution in [2.24, 2.45) is 0 Å². The molecule has 0 aliphatic carbocycles. The number of rotatable bonds is 7. The van der Waals surface area contributed by atoms with Crippen molar-refractivity contribution in [3.8, 4) is 16.9 Å². The fourth-order valence-corrected chi connectivity index (χ4v) is 3.23. The van der Waals surface area contributed by atoms with E-state index in [0.717, 1.165) is 25.3 Å². The summed E-state index contributed by atoms with van der Waals surface area (Å²) in [6, 6.07) is 14.7. The second-order valence-electron chi connectivity index (χ2n) is 8.41. The Labute approximate surface area is 163 Å². The van der Waals surface area contributed by atoms with Gasteiger partial charge in [0.1, 0.15) is 5.75 Å². The Kier molecular flexibility index (Phi) is 5.91. The number of nitrogens with zero attached hydrogens (tertiary/aromatic N) is 1. The van der Waals surface area contributed by atoms with Gasteiger partial charge in [-0.05, 0) is 75.0 Å². The van der Waals surface area contributed by atoms with Crippen molar-refractivity contribution in [1.29, 1.82) is 0 Å². The van der Waals surface area contributed by atoms with Crippen LogP contribution in [-0.2, 0) is 0 Å². The lowest BCUT2D eigenvalue weighted by atomic mass is 9.95. The number of pyridine rings is 1. The SMILES string of the molecule is CC(C)c1[c]n2ccccc2c1-c1ccc(OCCCNC(C)(C)C)cc1. The highest BCUT2D eigenvalue weighted by Gasteiger charge is 2.15. The van der Waals surface area contributed by atoms with Crippen molar-refractivity contribution in [3.63, 3.8) is 0 Å². The number of benzene rings is 1. The van der Waals surface area contributed by atoms with Gasteiger partial charge in [-0.3, -0.25) is 0 Å². The molecule has 0 atom stereocenters. The summed E-state index contributed by atoms with van der Waals surface area (Å²) in [5, 5.41) is 3.48. The van der Waals surface area contributed by atoms with Crippen LogP contribution in [0.25, 0.3) is 16.6 Å². The van der Waals surface area contributed by atoms with Crippen molar-refractivity contribution < 1.29 is 4.74 Å². The van der Waals surface area contributed by atoms with E-state index < -0.39 is 0 Å². The minimum Gasteiger partial charge on any atom is -0.494 e. The molecule has 0 aliphatic heterocycles. The van der Waals surface area contributed by atoms with E-state index >= 15 is 0 Å². The van der Waals surface area contributed by atoms with Gasteiger partial charge in [0.15, 0.2) is 0 Å². The molecular formula is C24H31N2O. The molecule has 0 saturated heterocycles. The van der Waals surface area contributed by atoms with Crippen LogP contribution in [0.2, 0.25) is 0 Å². The minimum atomic E-state index is 0.160. The van der Waals surface area contributed by atoms with E-state index in [0.29, 0.717) is 5.92 Å². The maximum absolute atomic E-state index is 5.91. The third-order valence-corrected chi connectivity index (χ3v) is 4.59. The Morgan fingerprint density at radius 3 is 2.48 bits per heavy atom. The maximum Gasteiger partial charge on any atom is 0.119 e. The van der Waals surface area contributed by atoms with Crippen molar-refractivity contribution in [1.82, 2.24) is 9.72 Å². The quantitative estimate of drug-likeness (QED) is 0.546. The predicted octanol–water partition coefficient (Wildman–Crippen LogP) is 5.69. The topological polar surface area (TPSA) is 25.7 Å². The van der Waals surface area contributed by atoms with Gasteiger partial charge in [-0.2, -0.15) is 0 Å². The van der Waals surface area contributed by atoms with E-state index in [9.17, 15) is 0 Å². The Hall–Kier alpha value is -2.26. The highest BCUT2D eigenvalue weighted by Crippen LogP contribution is 2.35. The molecular weight excluding hydrogens is 332 g/mol. The smallest absolute Gasteiger partial charge is 0.119 e. The maximum atomic E-state index is 5.91. The molecule has 3 aromatic rings. The summed E-state index contributed by atoms with van der Waals surface area (Å²) in [6.45, 7) is 12.7. The van der Waals surface area contributed by atoms with E-state index in [4.69, 9.17) is 4.74 Å². The molecule has 3 heteroatoms. The summed E-state index contributed by atoms with van der Waals surface area (Å²) in [6.07, 6.45) is 6.57. The number of hydrogen-bond acceptors (Lipinski definition) is 2. The second kappa shape index (κ2) is 8.18. The molecule has 1 aromatic carbocycles. The molecule has 27 heavy (non-hydrogen) atoms. The van der Waals surface area contributed by atoms with Gasteiger partial charge in [0, 0.05) is 17.3 Å². The van der Waals surface area contributed by atoms with Gasteiger partial charge in [-0.25, -0.2) is 0 Å². The highest BCUT2D eigenvalue weighted by molar-refractivity contribution is 5.84. The average molecular weight is 364 g/mol. The van der Waals surface area contributed by atoms with Gasteiger partial charge in [0.25, 0.3) is 0 Å². The molecule has 0 aliphatic rings. The molecule has 143 valence electrons. The summed E-state index contributed by atoms with van der Waals surface area (Å²) in [7, 11) is 0. The monoisotopic (exact) mass is 363 g/mol. The number of aromatic nitrogens is 1. The van der Waals surface area contributed by atoms with Gasteiger partial charge >= 0.3 is 0 Å². The van der Waals surface area contributed by atoms with Crippen LogP contribution in [0.15, 0.2) is 48.7 Å². The molecule has 3 nitrogen and oxygen atoms in total. The fraction of sp³-hybridized carbons (Fsp3) is 0.417. The Balaban J connectivity index is 1.71. The summed E-state index contributed by atoms with van der Waals surface area (Å²) in [4.78, 5) is 0. The normalized spacial score (nSPS) is 12.1. The van der Waals surface area contributed by atoms with E-state index in [1.165, 1.54) is 22.2 Å². The molecule has 0 spiro atoms. The Morgan fingerprint density at radius 1 is 1.07 bits per heavy atom. The van der Waals surface area contributed by atoms with Crippen LogP contribution in [0, 0.1) is 6.20 Å². The lowest BCUT2D eigenvalue weighted by molar-refractivity contribution is 0.298. The van der Waals surface area contributed by atoms with Crippen molar-refractivity contribution in [3.05, 3.63) is 60.4 Å². The zero-order valence-corrected chi connectivity index (χ0v) is 17.2. The largest absolute Gasteiger partial charge is 0.494 e. The predicted molar refractivity (Wildman–Crippen MR) is 114 cm³/mol. The third-order valence-electron chi connectivity index (χ3n) is 4.59. The number of nitrogens with one attached hydrogen (secondary N) is 1. The van der Waals surface area contributed by atoms with Crippen LogP contribution in [0.4, 0.5) is 0 Å². The third kappa shape index (κ3) is 4.92. The molecule has 0 bridgehead atoms. The molecule has 2 aromatic heterocycles. The summed E-state index contributed by atoms with van der Waals surface area (Å²) in [5.41, 5.74) is 5.09. The Morgan fingerprint density at radius 2 is 1.81 bits per heavy atom. The number of hydrogen-bond donors (Lipinski definition) is 1. The van der Waals surface area contributed by atoms with Gasteiger partial charge in [0.2, 0.25) is 0 Å². The average Bonchev–Trinajstić information content (AvgIpc) is 3.01. The molecule has 0 fully saturated rings. The van der Waals surface area contributed by atoms with E-state index in [1.54, 1.807) is 0 Å². The summed E-state index contributed by atoms with van der Waals surface area (Å²) >= 11 is 0. The van der Waals surface area contributed by atoms with Gasteiger partial charge in [-0.15, -0.1) is 0 Å². The lowest BCUT2D eigenvalue weighted by Crippen LogP contribution is -2.36. The van der Waals surface area contributed by atoms with E-state index in [1.807, 2.05) is 6.07 Å². The minimum absolute atomic E-state index is 0.160. The molecule has 1 radical (unpaired) electrons. The zero-order valence-electron chi connectivity index (χ0n) is 17.2. The molecule has 1 N–H and O–H groups in total. The first-order chi connectivity index (χ1) is 12.8. The highest BCUT2D eigenvalue weighted by atomic mass is 16.5. The zero-order chi connectivity index (χ0) is 19.4. The molecule has 3 rings (SSSR count). The van der Waals surface area contributed by atoms with Gasteiger partial charge < -0.3 is 14.5 Å². The lowest BCUT2D eigenvalue weighted by Gasteiger charge is -2.20. The fourth-order valence-electron chi connectivity index (χ4n) is 3.23. The van der Waals surface area contributed by atoms with Gasteiger partial charge in [0.05, 0.1) is 18.3 Å². The molecule has 2 heterocycles. The standard InChI is InChI=1S/C24H31N2O/c1-18(2)21-17-26-15-7-6-9-22(26)23(21)19-10-12-20(13-11-19)27-16-8-14-25-24(3,4)5/h6-7,9-13,15,18,25H,8,14,16H2,1-5H3.